The molecule has 6 heteroatoms. The van der Waals surface area contributed by atoms with Crippen LogP contribution in [0.1, 0.15) is 28.4 Å². The Bertz CT molecular complexity index is 747. The Kier molecular flexibility index (Phi) is 11.2. The van der Waals surface area contributed by atoms with E-state index in [2.05, 4.69) is 46.8 Å². The summed E-state index contributed by atoms with van der Waals surface area (Å²) in [6.07, 6.45) is 1.75. The van der Waals surface area contributed by atoms with Gasteiger partial charge in [0.25, 0.3) is 5.91 Å². The molecule has 0 aliphatic carbocycles. The first-order valence-electron chi connectivity index (χ1n) is 9.47. The number of carbonyl (C=O) groups excluding carboxylic acids is 1. The Morgan fingerprint density at radius 3 is 2.36 bits per heavy atom. The van der Waals surface area contributed by atoms with Crippen LogP contribution >= 0.6 is 24.0 Å². The highest BCUT2D eigenvalue weighted by atomic mass is 127. The van der Waals surface area contributed by atoms with Crippen LogP contribution in [0.15, 0.2) is 59.6 Å². The molecule has 0 saturated heterocycles. The van der Waals surface area contributed by atoms with Crippen LogP contribution in [0.25, 0.3) is 0 Å². The quantitative estimate of drug-likeness (QED) is 0.336. The molecule has 0 saturated carbocycles. The highest BCUT2D eigenvalue weighted by Crippen LogP contribution is 2.07. The molecule has 1 amide bonds. The lowest BCUT2D eigenvalue weighted by atomic mass is 10.1. The maximum absolute atomic E-state index is 12.1. The number of guanidine groups is 1. The van der Waals surface area contributed by atoms with Gasteiger partial charge in [0.2, 0.25) is 0 Å². The summed E-state index contributed by atoms with van der Waals surface area (Å²) in [5.74, 6) is 0.856. The first-order valence-corrected chi connectivity index (χ1v) is 9.47. The molecule has 5 nitrogen and oxygen atoms in total. The summed E-state index contributed by atoms with van der Waals surface area (Å²) < 4.78 is 0. The normalized spacial score (nSPS) is 10.8. The van der Waals surface area contributed by atoms with Gasteiger partial charge < -0.3 is 15.5 Å². The third-order valence-corrected chi connectivity index (χ3v) is 4.14. The molecule has 0 atom stereocenters. The molecule has 0 unspecified atom stereocenters. The van der Waals surface area contributed by atoms with Gasteiger partial charge in [-0.15, -0.1) is 24.0 Å². The van der Waals surface area contributed by atoms with Crippen LogP contribution in [-0.2, 0) is 12.8 Å². The molecule has 0 fully saturated rings. The minimum Gasteiger partial charge on any atom is -0.357 e. The van der Waals surface area contributed by atoms with Gasteiger partial charge in [0.15, 0.2) is 5.96 Å². The van der Waals surface area contributed by atoms with Crippen LogP contribution in [0.3, 0.4) is 0 Å². The van der Waals surface area contributed by atoms with Crippen LogP contribution in [0, 0.1) is 0 Å². The van der Waals surface area contributed by atoms with E-state index in [1.54, 1.807) is 19.0 Å². The lowest BCUT2D eigenvalue weighted by Crippen LogP contribution is -2.38. The zero-order valence-electron chi connectivity index (χ0n) is 16.9. The summed E-state index contributed by atoms with van der Waals surface area (Å²) in [7, 11) is 3.54. The number of nitrogens with one attached hydrogen (secondary N) is 2. The molecule has 0 aliphatic heterocycles. The van der Waals surface area contributed by atoms with Gasteiger partial charge in [-0.05, 0) is 43.0 Å². The molecule has 0 bridgehead atoms. The summed E-state index contributed by atoms with van der Waals surface area (Å²) >= 11 is 0. The maximum Gasteiger partial charge on any atom is 0.253 e. The average molecular weight is 494 g/mol. The number of carbonyl (C=O) groups is 1. The van der Waals surface area contributed by atoms with Gasteiger partial charge in [0, 0.05) is 39.3 Å². The Balaban J connectivity index is 0.00000392. The van der Waals surface area contributed by atoms with Gasteiger partial charge in [-0.2, -0.15) is 0 Å². The number of halogens is 1. The van der Waals surface area contributed by atoms with Crippen molar-refractivity contribution >= 4 is 35.8 Å². The van der Waals surface area contributed by atoms with E-state index in [1.165, 1.54) is 5.56 Å². The molecular formula is C22H31IN4O. The number of hydrogen-bond donors (Lipinski definition) is 2. The van der Waals surface area contributed by atoms with E-state index in [0.717, 1.165) is 49.6 Å². The van der Waals surface area contributed by atoms with Crippen molar-refractivity contribution in [3.8, 4) is 0 Å². The smallest absolute Gasteiger partial charge is 0.253 e. The fourth-order valence-electron chi connectivity index (χ4n) is 2.73. The summed E-state index contributed by atoms with van der Waals surface area (Å²) in [6, 6.07) is 18.2. The van der Waals surface area contributed by atoms with Crippen molar-refractivity contribution in [3.05, 3.63) is 71.3 Å². The highest BCUT2D eigenvalue weighted by molar-refractivity contribution is 14.0. The number of amides is 1. The zero-order chi connectivity index (χ0) is 19.5. The lowest BCUT2D eigenvalue weighted by Gasteiger charge is -2.13. The van der Waals surface area contributed by atoms with Crippen LogP contribution in [-0.4, -0.2) is 50.5 Å². The van der Waals surface area contributed by atoms with Crippen LogP contribution in [0.2, 0.25) is 0 Å². The van der Waals surface area contributed by atoms with Gasteiger partial charge in [-0.25, -0.2) is 0 Å². The SMILES string of the molecule is CCNC(=NCCc1ccccc1)NCCc1cccc(C(=O)N(C)C)c1.I. The minimum absolute atomic E-state index is 0. The summed E-state index contributed by atoms with van der Waals surface area (Å²) in [5.41, 5.74) is 3.15. The van der Waals surface area contributed by atoms with E-state index in [4.69, 9.17) is 0 Å². The lowest BCUT2D eigenvalue weighted by molar-refractivity contribution is 0.0827. The topological polar surface area (TPSA) is 56.7 Å². The van der Waals surface area contributed by atoms with Crippen molar-refractivity contribution in [1.82, 2.24) is 15.5 Å². The van der Waals surface area contributed by atoms with Gasteiger partial charge >= 0.3 is 0 Å². The Morgan fingerprint density at radius 2 is 1.68 bits per heavy atom. The molecule has 2 aromatic carbocycles. The first kappa shape index (κ1) is 23.9. The molecule has 0 aliphatic rings. The second-order valence-electron chi connectivity index (χ2n) is 6.57. The van der Waals surface area contributed by atoms with Crippen molar-refractivity contribution in [2.24, 2.45) is 4.99 Å². The molecule has 152 valence electrons. The van der Waals surface area contributed by atoms with Gasteiger partial charge in [-0.1, -0.05) is 42.5 Å². The maximum atomic E-state index is 12.1. The Morgan fingerprint density at radius 1 is 0.964 bits per heavy atom. The van der Waals surface area contributed by atoms with E-state index in [1.807, 2.05) is 30.3 Å². The van der Waals surface area contributed by atoms with Crippen LogP contribution < -0.4 is 10.6 Å². The standard InChI is InChI=1S/C22H30N4O.HI/c1-4-23-22(24-15-13-18-9-6-5-7-10-18)25-16-14-19-11-8-12-20(17-19)21(27)26(2)3;/h5-12,17H,4,13-16H2,1-3H3,(H2,23,24,25);1H. The summed E-state index contributed by atoms with van der Waals surface area (Å²) in [5, 5.41) is 6.65. The van der Waals surface area contributed by atoms with E-state index < -0.39 is 0 Å². The molecule has 2 aromatic rings. The zero-order valence-corrected chi connectivity index (χ0v) is 19.3. The van der Waals surface area contributed by atoms with Gasteiger partial charge in [0.05, 0.1) is 0 Å². The third kappa shape index (κ3) is 8.29. The molecule has 0 heterocycles. The Labute approximate surface area is 185 Å². The van der Waals surface area contributed by atoms with Crippen molar-refractivity contribution in [2.75, 3.05) is 33.7 Å². The Hall–Kier alpha value is -2.09. The monoisotopic (exact) mass is 494 g/mol. The molecule has 2 rings (SSSR count). The fourth-order valence-corrected chi connectivity index (χ4v) is 2.73. The van der Waals surface area contributed by atoms with Gasteiger partial charge in [-0.3, -0.25) is 9.79 Å². The number of nitrogens with zero attached hydrogens (tertiary/aromatic N) is 2. The minimum atomic E-state index is 0. The number of aliphatic imine (C=N–C) groups is 1. The number of hydrogen-bond acceptors (Lipinski definition) is 2. The molecular weight excluding hydrogens is 463 g/mol. The molecule has 2 N–H and O–H groups in total. The summed E-state index contributed by atoms with van der Waals surface area (Å²) in [6.45, 7) is 4.39. The fraction of sp³-hybridized carbons (Fsp3) is 0.364. The van der Waals surface area contributed by atoms with E-state index in [-0.39, 0.29) is 29.9 Å². The van der Waals surface area contributed by atoms with Crippen molar-refractivity contribution < 1.29 is 4.79 Å². The third-order valence-electron chi connectivity index (χ3n) is 4.14. The molecule has 0 radical (unpaired) electrons. The van der Waals surface area contributed by atoms with Crippen LogP contribution in [0.4, 0.5) is 0 Å². The number of benzene rings is 2. The predicted molar refractivity (Wildman–Crippen MR) is 128 cm³/mol. The highest BCUT2D eigenvalue weighted by Gasteiger charge is 2.08. The average Bonchev–Trinajstić information content (AvgIpc) is 2.68. The van der Waals surface area contributed by atoms with Crippen molar-refractivity contribution in [3.63, 3.8) is 0 Å². The molecule has 0 spiro atoms. The largest absolute Gasteiger partial charge is 0.357 e. The number of rotatable bonds is 8. The predicted octanol–water partition coefficient (Wildman–Crippen LogP) is 3.35. The van der Waals surface area contributed by atoms with E-state index in [0.29, 0.717) is 0 Å². The second-order valence-corrected chi connectivity index (χ2v) is 6.57. The van der Waals surface area contributed by atoms with Crippen molar-refractivity contribution in [2.45, 2.75) is 19.8 Å². The van der Waals surface area contributed by atoms with Crippen LogP contribution in [0.5, 0.6) is 0 Å². The van der Waals surface area contributed by atoms with Gasteiger partial charge in [0.1, 0.15) is 0 Å². The van der Waals surface area contributed by atoms with Crippen molar-refractivity contribution in [1.29, 1.82) is 0 Å². The van der Waals surface area contributed by atoms with E-state index in [9.17, 15) is 4.79 Å². The second kappa shape index (κ2) is 13.1. The molecule has 0 aromatic heterocycles. The molecule has 28 heavy (non-hydrogen) atoms. The summed E-state index contributed by atoms with van der Waals surface area (Å²) in [4.78, 5) is 18.3. The van der Waals surface area contributed by atoms with E-state index >= 15 is 0 Å². The first-order chi connectivity index (χ1) is 13.1.